The van der Waals surface area contributed by atoms with E-state index < -0.39 is 0 Å². The van der Waals surface area contributed by atoms with Crippen LogP contribution in [0.1, 0.15) is 0 Å². The molecule has 0 spiro atoms. The van der Waals surface area contributed by atoms with Gasteiger partial charge in [-0.25, -0.2) is 10.8 Å². The summed E-state index contributed by atoms with van der Waals surface area (Å²) in [5.74, 6) is 6.49. The first-order valence-electron chi connectivity index (χ1n) is 5.89. The first kappa shape index (κ1) is 13.5. The van der Waals surface area contributed by atoms with E-state index in [1.54, 1.807) is 29.4 Å². The molecule has 0 unspecified atom stereocenters. The maximum atomic E-state index is 5.65. The van der Waals surface area contributed by atoms with Gasteiger partial charge in [0.05, 0.1) is 4.47 Å². The lowest BCUT2D eigenvalue weighted by Gasteiger charge is -2.08. The van der Waals surface area contributed by atoms with E-state index in [0.29, 0.717) is 11.7 Å². The molecule has 8 nitrogen and oxygen atoms in total. The molecule has 2 aromatic heterocycles. The molecular weight excluding hydrogens is 338 g/mol. The summed E-state index contributed by atoms with van der Waals surface area (Å²) in [6.07, 6.45) is 4.89. The Morgan fingerprint density at radius 1 is 1.19 bits per heavy atom. The monoisotopic (exact) mass is 347 g/mol. The molecule has 0 fully saturated rings. The van der Waals surface area contributed by atoms with Crippen LogP contribution in [0.25, 0.3) is 5.95 Å². The van der Waals surface area contributed by atoms with Gasteiger partial charge in [0.15, 0.2) is 0 Å². The third-order valence-electron chi connectivity index (χ3n) is 2.51. The van der Waals surface area contributed by atoms with Gasteiger partial charge in [0.25, 0.3) is 0 Å². The van der Waals surface area contributed by atoms with Gasteiger partial charge in [0.1, 0.15) is 12.1 Å². The van der Waals surface area contributed by atoms with Gasteiger partial charge in [-0.15, -0.1) is 0 Å². The molecule has 0 bridgehead atoms. The maximum absolute atomic E-state index is 5.65. The van der Waals surface area contributed by atoms with E-state index in [0.717, 1.165) is 4.47 Å². The SMILES string of the molecule is NNc1nc(Oc2ccccc2Br)nc(-n2ccnc2)n1. The van der Waals surface area contributed by atoms with E-state index in [9.17, 15) is 0 Å². The number of nitrogens with one attached hydrogen (secondary N) is 1. The minimum Gasteiger partial charge on any atom is -0.423 e. The Kier molecular flexibility index (Phi) is 3.75. The molecule has 0 saturated carbocycles. The van der Waals surface area contributed by atoms with Crippen LogP contribution in [0.5, 0.6) is 11.8 Å². The molecule has 3 N–H and O–H groups in total. The Hall–Kier alpha value is -2.52. The van der Waals surface area contributed by atoms with Crippen molar-refractivity contribution in [3.05, 3.63) is 47.5 Å². The average molecular weight is 348 g/mol. The molecule has 1 aromatic carbocycles. The summed E-state index contributed by atoms with van der Waals surface area (Å²) < 4.78 is 8.06. The highest BCUT2D eigenvalue weighted by atomic mass is 79.9. The Morgan fingerprint density at radius 3 is 2.76 bits per heavy atom. The van der Waals surface area contributed by atoms with Crippen molar-refractivity contribution in [2.24, 2.45) is 5.84 Å². The molecular formula is C12H10BrN7O. The van der Waals surface area contributed by atoms with Crippen LogP contribution >= 0.6 is 15.9 Å². The van der Waals surface area contributed by atoms with Crippen molar-refractivity contribution in [1.82, 2.24) is 24.5 Å². The number of benzene rings is 1. The molecule has 21 heavy (non-hydrogen) atoms. The van der Waals surface area contributed by atoms with Crippen molar-refractivity contribution >= 4 is 21.9 Å². The van der Waals surface area contributed by atoms with Crippen molar-refractivity contribution in [2.45, 2.75) is 0 Å². The number of imidazole rings is 1. The van der Waals surface area contributed by atoms with Crippen LogP contribution in [0.3, 0.4) is 0 Å². The smallest absolute Gasteiger partial charge is 0.328 e. The third kappa shape index (κ3) is 2.98. The quantitative estimate of drug-likeness (QED) is 0.548. The fourth-order valence-electron chi connectivity index (χ4n) is 1.57. The average Bonchev–Trinajstić information content (AvgIpc) is 3.04. The molecule has 0 aliphatic heterocycles. The van der Waals surface area contributed by atoms with Crippen molar-refractivity contribution in [2.75, 3.05) is 5.43 Å². The highest BCUT2D eigenvalue weighted by Crippen LogP contribution is 2.27. The van der Waals surface area contributed by atoms with Gasteiger partial charge >= 0.3 is 6.01 Å². The normalized spacial score (nSPS) is 10.4. The van der Waals surface area contributed by atoms with Crippen LogP contribution in [0.15, 0.2) is 47.5 Å². The zero-order valence-corrected chi connectivity index (χ0v) is 12.2. The number of hydrazine groups is 1. The van der Waals surface area contributed by atoms with Gasteiger partial charge in [0.2, 0.25) is 11.9 Å². The highest BCUT2D eigenvalue weighted by Gasteiger charge is 2.10. The standard InChI is InChI=1S/C12H10BrN7O/c13-8-3-1-2-4-9(8)21-12-17-10(19-14)16-11(18-12)20-6-5-15-7-20/h1-7H,14H2,(H,16,17,18,19). The Bertz CT molecular complexity index is 747. The number of ether oxygens (including phenoxy) is 1. The lowest BCUT2D eigenvalue weighted by molar-refractivity contribution is 0.436. The van der Waals surface area contributed by atoms with Crippen LogP contribution in [0.2, 0.25) is 0 Å². The predicted octanol–water partition coefficient (Wildman–Crippen LogP) is 1.90. The first-order valence-corrected chi connectivity index (χ1v) is 6.69. The van der Waals surface area contributed by atoms with E-state index in [1.807, 2.05) is 18.2 Å². The van der Waals surface area contributed by atoms with Gasteiger partial charge in [0, 0.05) is 12.4 Å². The molecule has 3 rings (SSSR count). The number of aromatic nitrogens is 5. The van der Waals surface area contributed by atoms with Crippen molar-refractivity contribution in [3.63, 3.8) is 0 Å². The fraction of sp³-hybridized carbons (Fsp3) is 0. The lowest BCUT2D eigenvalue weighted by atomic mass is 10.3. The van der Waals surface area contributed by atoms with Crippen LogP contribution in [-0.2, 0) is 0 Å². The number of para-hydroxylation sites is 1. The maximum Gasteiger partial charge on any atom is 0.328 e. The van der Waals surface area contributed by atoms with Gasteiger partial charge in [-0.2, -0.15) is 15.0 Å². The summed E-state index contributed by atoms with van der Waals surface area (Å²) >= 11 is 3.39. The first-order chi connectivity index (χ1) is 10.3. The minimum absolute atomic E-state index is 0.119. The largest absolute Gasteiger partial charge is 0.423 e. The van der Waals surface area contributed by atoms with Gasteiger partial charge < -0.3 is 4.74 Å². The van der Waals surface area contributed by atoms with Crippen LogP contribution < -0.4 is 16.0 Å². The molecule has 0 aliphatic carbocycles. The van der Waals surface area contributed by atoms with E-state index >= 15 is 0 Å². The summed E-state index contributed by atoms with van der Waals surface area (Å²) in [5, 5.41) is 0. The van der Waals surface area contributed by atoms with Crippen LogP contribution in [0, 0.1) is 0 Å². The number of hydrogen-bond donors (Lipinski definition) is 2. The number of rotatable bonds is 4. The number of anilines is 1. The second-order valence-electron chi connectivity index (χ2n) is 3.89. The molecule has 106 valence electrons. The van der Waals surface area contributed by atoms with E-state index in [1.165, 1.54) is 0 Å². The molecule has 9 heteroatoms. The van der Waals surface area contributed by atoms with E-state index in [4.69, 9.17) is 10.6 Å². The second-order valence-corrected chi connectivity index (χ2v) is 4.74. The number of nitrogens with zero attached hydrogens (tertiary/aromatic N) is 5. The minimum atomic E-state index is 0.119. The van der Waals surface area contributed by atoms with Gasteiger partial charge in [-0.3, -0.25) is 9.99 Å². The number of nitrogen functional groups attached to an aromatic ring is 1. The molecule has 0 amide bonds. The Balaban J connectivity index is 1.99. The number of halogens is 1. The highest BCUT2D eigenvalue weighted by molar-refractivity contribution is 9.10. The summed E-state index contributed by atoms with van der Waals surface area (Å²) in [7, 11) is 0. The third-order valence-corrected chi connectivity index (χ3v) is 3.16. The van der Waals surface area contributed by atoms with Crippen LogP contribution in [0.4, 0.5) is 5.95 Å². The van der Waals surface area contributed by atoms with E-state index in [2.05, 4.69) is 41.3 Å². The summed E-state index contributed by atoms with van der Waals surface area (Å²) in [6.45, 7) is 0. The Morgan fingerprint density at radius 2 is 2.05 bits per heavy atom. The number of hydrogen-bond acceptors (Lipinski definition) is 7. The van der Waals surface area contributed by atoms with Crippen molar-refractivity contribution < 1.29 is 4.74 Å². The molecule has 0 saturated heterocycles. The zero-order chi connectivity index (χ0) is 14.7. The second kappa shape index (κ2) is 5.85. The lowest BCUT2D eigenvalue weighted by Crippen LogP contribution is -2.13. The topological polar surface area (TPSA) is 104 Å². The van der Waals surface area contributed by atoms with E-state index in [-0.39, 0.29) is 12.0 Å². The van der Waals surface area contributed by atoms with Crippen LogP contribution in [-0.4, -0.2) is 24.5 Å². The van der Waals surface area contributed by atoms with Crippen molar-refractivity contribution in [1.29, 1.82) is 0 Å². The molecule has 0 radical (unpaired) electrons. The predicted molar refractivity (Wildman–Crippen MR) is 79.0 cm³/mol. The number of nitrogens with two attached hydrogens (primary N) is 1. The molecule has 0 atom stereocenters. The Labute approximate surface area is 128 Å². The van der Waals surface area contributed by atoms with Crippen molar-refractivity contribution in [3.8, 4) is 17.7 Å². The molecule has 0 aliphatic rings. The fourth-order valence-corrected chi connectivity index (χ4v) is 1.94. The summed E-state index contributed by atoms with van der Waals surface area (Å²) in [5.41, 5.74) is 2.38. The van der Waals surface area contributed by atoms with Gasteiger partial charge in [-0.1, -0.05) is 12.1 Å². The summed E-state index contributed by atoms with van der Waals surface area (Å²) in [4.78, 5) is 16.4. The summed E-state index contributed by atoms with van der Waals surface area (Å²) in [6, 6.07) is 7.50. The zero-order valence-electron chi connectivity index (χ0n) is 10.6. The van der Waals surface area contributed by atoms with Gasteiger partial charge in [-0.05, 0) is 28.1 Å². The molecule has 3 aromatic rings. The molecule has 2 heterocycles.